The standard InChI is InChI=1S/C62H92N14O19S.In/c1-40-31-45(32-41(2)58(40)96(93,94)71-49(62(91)92)35-68-59(88)43-12-14-46-47(70-72(4)50(46)33-43)9-7-19-64-51-10-5-6-18-63-51)95-30-8-11-52(78)65-20-21-66-61(90)48(15-17-55(82)83)69-60(89)44(13-16-54(80)81)34-67-53(79)37-74-24-28-75(38-56(84)85)26-22-73(36-42(3)77)23-27-76(29-25-74)39-57(86)87;/h12,14,31-33,44,48-49,71,77H,3,5-11,13,15-30,34-39H2,1-2,4H3,(H,63,64)(H,65,78)(H,66,90)(H,67,79)(H,68,88)(H,69,89)(H,80,81)(H,82,83)(H,84,85)(H,86,87)(H,91,92);/q;+3/p-3/t44-,48?,49+;/m1./s1. The van der Waals surface area contributed by atoms with Gasteiger partial charge in [0, 0.05) is 76.4 Å². The molecule has 0 saturated carbocycles. The number of aliphatic carboxylic acids is 3. The second-order valence-electron chi connectivity index (χ2n) is 24.3. The van der Waals surface area contributed by atoms with Gasteiger partial charge in [0.2, 0.25) is 27.7 Å². The van der Waals surface area contributed by atoms with Crippen molar-refractivity contribution in [3.8, 4) is 5.75 Å². The number of carbonyl (C=O) groups excluding carboxylic acids is 7. The van der Waals surface area contributed by atoms with Gasteiger partial charge < -0.3 is 46.6 Å². The predicted molar refractivity (Wildman–Crippen MR) is 350 cm³/mol. The number of rotatable bonds is 32. The van der Waals surface area contributed by atoms with Gasteiger partial charge in [0.1, 0.15) is 17.8 Å². The molecule has 0 radical (unpaired) electrons. The Bertz CT molecular complexity index is 3440. The van der Waals surface area contributed by atoms with Crippen LogP contribution in [-0.4, -0.2) is 278 Å². The molecule has 0 spiro atoms. The molecule has 35 heteroatoms. The Morgan fingerprint density at radius 2 is 1.35 bits per heavy atom. The fourth-order valence-electron chi connectivity index (χ4n) is 11.5. The molecule has 4 aliphatic rings. The van der Waals surface area contributed by atoms with E-state index in [2.05, 4.69) is 58.2 Å². The van der Waals surface area contributed by atoms with Crippen molar-refractivity contribution in [2.45, 2.75) is 101 Å². The van der Waals surface area contributed by atoms with Crippen molar-refractivity contribution >= 4 is 109 Å². The second kappa shape index (κ2) is 37.7. The summed E-state index contributed by atoms with van der Waals surface area (Å²) in [5, 5.41) is 51.0. The minimum absolute atomic E-state index is 0.0200. The minimum atomic E-state index is -4.48. The van der Waals surface area contributed by atoms with Crippen molar-refractivity contribution in [3.63, 3.8) is 0 Å². The summed E-state index contributed by atoms with van der Waals surface area (Å²) in [6, 6.07) is 4.78. The number of aromatic nitrogens is 2. The molecule has 4 bridgehead atoms. The van der Waals surface area contributed by atoms with Crippen molar-refractivity contribution in [2.75, 3.05) is 124 Å². The Labute approximate surface area is 571 Å². The van der Waals surface area contributed by atoms with E-state index in [1.165, 1.54) is 26.0 Å². The molecule has 7 rings (SSSR count). The fraction of sp³-hybridized carbons (Fsp3) is 0.581. The zero-order valence-electron chi connectivity index (χ0n) is 55.0. The van der Waals surface area contributed by atoms with Crippen LogP contribution in [0.5, 0.6) is 5.75 Å². The van der Waals surface area contributed by atoms with Gasteiger partial charge in [-0.2, -0.15) is 9.82 Å². The number of amidine groups is 1. The molecule has 5 atom stereocenters. The summed E-state index contributed by atoms with van der Waals surface area (Å²) in [6.07, 6.45) is 3.23. The molecule has 1 aromatic heterocycles. The van der Waals surface area contributed by atoms with Gasteiger partial charge in [0.05, 0.1) is 28.5 Å². The number of ether oxygens (including phenoxy) is 1. The van der Waals surface area contributed by atoms with E-state index in [-0.39, 0.29) is 98.9 Å². The van der Waals surface area contributed by atoms with Crippen LogP contribution in [0.25, 0.3) is 10.9 Å². The van der Waals surface area contributed by atoms with Gasteiger partial charge >= 0.3 is 210 Å². The zero-order valence-corrected chi connectivity index (χ0v) is 59.1. The third-order valence-corrected chi connectivity index (χ3v) is 22.5. The third-order valence-electron chi connectivity index (χ3n) is 16.6. The van der Waals surface area contributed by atoms with E-state index in [1.807, 2.05) is 14.7 Å². The Morgan fingerprint density at radius 1 is 0.711 bits per heavy atom. The van der Waals surface area contributed by atoms with Crippen LogP contribution < -0.4 is 41.4 Å². The SMILES string of the molecule is C=C1CN2CCN3CCN(CC(=O)NC[C@@H](CCC(=O)O)C(=O)NC(CCC(=O)O)C(=O)NCCNC(=O)CCCOc4cc(C)c(S(=O)(=O)N[C@@H](CNC(=O)c5ccc6c(CCCNC7=NCCCC7)nn(C)c6c5)C(=O)O)c(C)c4)CCN(CC2)CC(=O)[O][In]([O]1)[O]C(=O)C3. The average Bonchev–Trinajstić information content (AvgIpc) is 1.73. The molecule has 2 aromatic carbocycles. The number of nitrogens with one attached hydrogen (secondary N) is 7. The van der Waals surface area contributed by atoms with Crippen LogP contribution in [0.15, 0.2) is 52.6 Å². The fourth-order valence-corrected chi connectivity index (χ4v) is 16.2. The van der Waals surface area contributed by atoms with E-state index >= 15 is 0 Å². The van der Waals surface area contributed by atoms with E-state index in [9.17, 15) is 71.7 Å². The Morgan fingerprint density at radius 3 is 1.99 bits per heavy atom. The van der Waals surface area contributed by atoms with Crippen molar-refractivity contribution < 1.29 is 85.0 Å². The summed E-state index contributed by atoms with van der Waals surface area (Å²) in [4.78, 5) is 141. The number of benzene rings is 2. The molecular formula is C62H89InN14O19S. The number of hydrogen-bond donors (Lipinski definition) is 10. The maximum absolute atomic E-state index is 13.8. The first-order valence-electron chi connectivity index (χ1n) is 32.5. The van der Waals surface area contributed by atoms with E-state index in [0.717, 1.165) is 55.7 Å². The summed E-state index contributed by atoms with van der Waals surface area (Å²) >= 11 is -4.10. The molecule has 0 aliphatic carbocycles. The first-order chi connectivity index (χ1) is 46.3. The number of sulfonamides is 1. The summed E-state index contributed by atoms with van der Waals surface area (Å²) in [5.74, 6) is -7.96. The van der Waals surface area contributed by atoms with Crippen LogP contribution in [0, 0.1) is 19.8 Å². The first-order valence-corrected chi connectivity index (χ1v) is 38.0. The Kier molecular flexibility index (Phi) is 29.7. The summed E-state index contributed by atoms with van der Waals surface area (Å²) in [6.45, 7) is 10.7. The predicted octanol–water partition coefficient (Wildman–Crippen LogP) is -1.36. The second-order valence-corrected chi connectivity index (χ2v) is 29.6. The number of hydrogen-bond acceptors (Lipinski definition) is 23. The molecule has 97 heavy (non-hydrogen) atoms. The van der Waals surface area contributed by atoms with Crippen LogP contribution in [0.4, 0.5) is 0 Å². The molecule has 3 unspecified atom stereocenters. The van der Waals surface area contributed by atoms with Crippen molar-refractivity contribution in [1.82, 2.24) is 66.0 Å². The van der Waals surface area contributed by atoms with Gasteiger partial charge in [-0.25, -0.2) is 8.42 Å². The van der Waals surface area contributed by atoms with Crippen molar-refractivity contribution in [2.24, 2.45) is 18.0 Å². The monoisotopic (exact) mass is 1480 g/mol. The number of carboxylic acids is 3. The molecule has 5 heterocycles. The first kappa shape index (κ1) is 76.4. The number of aliphatic imine (C=N–C) groups is 1. The van der Waals surface area contributed by atoms with E-state index in [4.69, 9.17) is 13.3 Å². The molecule has 10 N–H and O–H groups in total. The Hall–Kier alpha value is -7.96. The van der Waals surface area contributed by atoms with E-state index in [0.29, 0.717) is 76.6 Å². The summed E-state index contributed by atoms with van der Waals surface area (Å²) < 4.78 is 54.2. The number of nitrogens with zero attached hydrogens (tertiary/aromatic N) is 7. The van der Waals surface area contributed by atoms with Crippen LogP contribution in [-0.2, 0) is 75.2 Å². The number of carboxylic acid groups (broad SMARTS) is 3. The maximum atomic E-state index is 13.8. The molecule has 530 valence electrons. The Balaban J connectivity index is 0.837. The van der Waals surface area contributed by atoms with Crippen LogP contribution in [0.3, 0.4) is 0 Å². The average molecular weight is 1480 g/mol. The zero-order chi connectivity index (χ0) is 70.2. The van der Waals surface area contributed by atoms with Crippen molar-refractivity contribution in [1.29, 1.82) is 0 Å². The summed E-state index contributed by atoms with van der Waals surface area (Å²) in [7, 11) is -2.71. The summed E-state index contributed by atoms with van der Waals surface area (Å²) in [5.41, 5.74) is 2.25. The normalized spacial score (nSPS) is 18.9. The van der Waals surface area contributed by atoms with Gasteiger partial charge in [0.15, 0.2) is 0 Å². The van der Waals surface area contributed by atoms with Gasteiger partial charge in [-0.15, -0.1) is 0 Å². The molecule has 4 aliphatic heterocycles. The van der Waals surface area contributed by atoms with Gasteiger partial charge in [-0.05, 0) is 94.2 Å². The number of aryl methyl sites for hydroxylation is 4. The quantitative estimate of drug-likeness (QED) is 0.0323. The van der Waals surface area contributed by atoms with Gasteiger partial charge in [-0.1, -0.05) is 6.07 Å². The van der Waals surface area contributed by atoms with Crippen molar-refractivity contribution in [3.05, 3.63) is 65.1 Å². The molecule has 3 saturated heterocycles. The van der Waals surface area contributed by atoms with E-state index in [1.54, 1.807) is 29.9 Å². The number of fused-ring (bicyclic) bond motifs is 8. The van der Waals surface area contributed by atoms with Crippen LogP contribution in [0.1, 0.15) is 91.4 Å². The van der Waals surface area contributed by atoms with E-state index < -0.39 is 130 Å². The van der Waals surface area contributed by atoms with Crippen LogP contribution in [0.2, 0.25) is 0 Å². The molecule has 3 fully saturated rings. The van der Waals surface area contributed by atoms with Gasteiger partial charge in [-0.3, -0.25) is 43.2 Å². The number of amides is 5. The molecular weight excluding hydrogens is 1390 g/mol. The molecule has 3 aromatic rings. The number of carbonyl (C=O) groups is 10. The topological polar surface area (TPSA) is 430 Å². The molecule has 33 nitrogen and oxygen atoms in total. The van der Waals surface area contributed by atoms with Gasteiger partial charge in [0.25, 0.3) is 5.91 Å². The third kappa shape index (κ3) is 25.1. The molecule has 5 amide bonds. The van der Waals surface area contributed by atoms with Crippen LogP contribution >= 0.6 is 0 Å².